The minimum atomic E-state index is -3.89. The van der Waals surface area contributed by atoms with Crippen molar-refractivity contribution in [3.05, 3.63) is 59.0 Å². The smallest absolute Gasteiger partial charge is 0.263 e. The van der Waals surface area contributed by atoms with Crippen LogP contribution >= 0.6 is 0 Å². The number of hydrogen-bond donors (Lipinski definition) is 2. The fraction of sp³-hybridized carbons (Fsp3) is 0.516. The van der Waals surface area contributed by atoms with Crippen LogP contribution < -0.4 is 14.8 Å². The molecule has 3 aliphatic carbocycles. The number of fused-ring (bicyclic) bond motifs is 1. The first kappa shape index (κ1) is 28.3. The van der Waals surface area contributed by atoms with Gasteiger partial charge in [-0.05, 0) is 105 Å². The van der Waals surface area contributed by atoms with Crippen LogP contribution in [0.3, 0.4) is 0 Å². The van der Waals surface area contributed by atoms with Crippen molar-refractivity contribution < 1.29 is 17.9 Å². The van der Waals surface area contributed by atoms with Gasteiger partial charge >= 0.3 is 0 Å². The molecule has 3 aliphatic rings. The van der Waals surface area contributed by atoms with Crippen molar-refractivity contribution in [2.45, 2.75) is 84.0 Å². The predicted octanol–water partition coefficient (Wildman–Crippen LogP) is 6.65. The molecule has 2 aromatic rings. The quantitative estimate of drug-likeness (QED) is 0.390. The highest BCUT2D eigenvalue weighted by molar-refractivity contribution is 7.92. The van der Waals surface area contributed by atoms with Gasteiger partial charge in [0, 0.05) is 11.8 Å². The largest absolute Gasteiger partial charge is 0.481 e. The van der Waals surface area contributed by atoms with E-state index in [2.05, 4.69) is 47.7 Å². The third-order valence-electron chi connectivity index (χ3n) is 9.53. The van der Waals surface area contributed by atoms with Crippen LogP contribution in [0.15, 0.2) is 63.8 Å². The monoisotopic (exact) mass is 564 g/mol. The second-order valence-corrected chi connectivity index (χ2v) is 13.8. The molecule has 1 aromatic carbocycles. The number of allylic oxidation sites excluding steroid dienone is 3. The topological polar surface area (TPSA) is 110 Å². The Hall–Kier alpha value is -3.20. The minimum Gasteiger partial charge on any atom is -0.481 e. The van der Waals surface area contributed by atoms with E-state index in [0.717, 1.165) is 32.1 Å². The molecule has 2 unspecified atom stereocenters. The van der Waals surface area contributed by atoms with Gasteiger partial charge in [0.15, 0.2) is 0 Å². The molecule has 40 heavy (non-hydrogen) atoms. The Kier molecular flexibility index (Phi) is 7.54. The van der Waals surface area contributed by atoms with E-state index in [1.54, 1.807) is 23.3 Å². The van der Waals surface area contributed by atoms with Gasteiger partial charge in [-0.1, -0.05) is 31.9 Å². The number of aromatic nitrogens is 2. The van der Waals surface area contributed by atoms with Crippen molar-refractivity contribution >= 4 is 27.4 Å². The summed E-state index contributed by atoms with van der Waals surface area (Å²) in [5.74, 6) is 0.830. The molecule has 1 amide bonds. The van der Waals surface area contributed by atoms with Crippen molar-refractivity contribution in [3.8, 4) is 5.88 Å². The average Bonchev–Trinajstić information content (AvgIpc) is 2.94. The van der Waals surface area contributed by atoms with E-state index >= 15 is 0 Å². The summed E-state index contributed by atoms with van der Waals surface area (Å²) in [6.45, 7) is 9.14. The van der Waals surface area contributed by atoms with Gasteiger partial charge in [0.2, 0.25) is 11.8 Å². The zero-order chi connectivity index (χ0) is 28.7. The van der Waals surface area contributed by atoms with E-state index in [4.69, 9.17) is 4.74 Å². The van der Waals surface area contributed by atoms with Gasteiger partial charge in [0.1, 0.15) is 12.1 Å². The van der Waals surface area contributed by atoms with E-state index in [0.29, 0.717) is 11.6 Å². The van der Waals surface area contributed by atoms with Crippen LogP contribution in [-0.4, -0.2) is 31.4 Å². The highest BCUT2D eigenvalue weighted by Crippen LogP contribution is 2.60. The number of carbonyl (C=O) groups excluding carboxylic acids is 1. The van der Waals surface area contributed by atoms with Crippen LogP contribution in [-0.2, 0) is 14.8 Å². The molecule has 0 saturated carbocycles. The second kappa shape index (κ2) is 10.7. The van der Waals surface area contributed by atoms with Crippen molar-refractivity contribution in [1.82, 2.24) is 9.97 Å². The number of nitrogens with zero attached hydrogens (tertiary/aromatic N) is 2. The van der Waals surface area contributed by atoms with Crippen LogP contribution in [0.5, 0.6) is 5.88 Å². The second-order valence-electron chi connectivity index (χ2n) is 12.1. The maximum atomic E-state index is 14.0. The summed E-state index contributed by atoms with van der Waals surface area (Å²) < 4.78 is 33.3. The van der Waals surface area contributed by atoms with E-state index in [9.17, 15) is 13.2 Å². The van der Waals surface area contributed by atoms with Crippen LogP contribution in [0, 0.1) is 16.7 Å². The van der Waals surface area contributed by atoms with Gasteiger partial charge in [-0.25, -0.2) is 18.4 Å². The molecule has 8 nitrogen and oxygen atoms in total. The van der Waals surface area contributed by atoms with E-state index in [-0.39, 0.29) is 27.9 Å². The lowest BCUT2D eigenvalue weighted by molar-refractivity contribution is -0.124. The Morgan fingerprint density at radius 3 is 2.42 bits per heavy atom. The summed E-state index contributed by atoms with van der Waals surface area (Å²) in [7, 11) is -2.44. The fourth-order valence-corrected chi connectivity index (χ4v) is 7.67. The highest BCUT2D eigenvalue weighted by Gasteiger charge is 2.50. The molecular formula is C31H40N4O4S. The number of anilines is 2. The van der Waals surface area contributed by atoms with Crippen molar-refractivity contribution in [2.24, 2.45) is 16.7 Å². The first-order valence-corrected chi connectivity index (χ1v) is 15.7. The zero-order valence-corrected chi connectivity index (χ0v) is 25.0. The first-order chi connectivity index (χ1) is 19.0. The molecule has 9 heteroatoms. The van der Waals surface area contributed by atoms with E-state index < -0.39 is 15.4 Å². The van der Waals surface area contributed by atoms with Gasteiger partial charge in [0.25, 0.3) is 10.0 Å². The summed E-state index contributed by atoms with van der Waals surface area (Å²) in [6.07, 6.45) is 9.81. The summed E-state index contributed by atoms with van der Waals surface area (Å²) in [5, 5.41) is 3.12. The molecule has 214 valence electrons. The van der Waals surface area contributed by atoms with Crippen molar-refractivity contribution in [2.75, 3.05) is 17.1 Å². The third-order valence-corrected chi connectivity index (χ3v) is 10.9. The van der Waals surface area contributed by atoms with Gasteiger partial charge < -0.3 is 10.1 Å². The summed E-state index contributed by atoms with van der Waals surface area (Å²) in [6, 6.07) is 7.65. The van der Waals surface area contributed by atoms with E-state index in [1.165, 1.54) is 62.0 Å². The molecular weight excluding hydrogens is 524 g/mol. The van der Waals surface area contributed by atoms with Gasteiger partial charge in [0.05, 0.1) is 17.4 Å². The summed E-state index contributed by atoms with van der Waals surface area (Å²) in [4.78, 5) is 21.9. The standard InChI is InChI=1S/C31H40N4O4S/c1-20(2)30(3)16-17-31(4,25-15-10-21-8-6-7-9-24(21)28(25)30)29(36)34-22-11-13-23(14-12-22)40(37,38)35-26-18-27(39-5)33-19-32-26/h11-14,18-20H,6-10,15-17H2,1-5H3,(H,34,36)(H,32,33,35). The zero-order valence-electron chi connectivity index (χ0n) is 24.1. The van der Waals surface area contributed by atoms with Crippen molar-refractivity contribution in [3.63, 3.8) is 0 Å². The van der Waals surface area contributed by atoms with Gasteiger partial charge in [-0.2, -0.15) is 0 Å². The molecule has 0 radical (unpaired) electrons. The highest BCUT2D eigenvalue weighted by atomic mass is 32.2. The SMILES string of the molecule is COc1cc(NS(=O)(=O)c2ccc(NC(=O)C3(C)CCC(C)(C(C)C)C4=C3CCC3=C4CCCC3)cc2)ncn1. The number of methoxy groups -OCH3 is 1. The normalized spacial score (nSPS) is 24.9. The Morgan fingerprint density at radius 2 is 1.73 bits per heavy atom. The van der Waals surface area contributed by atoms with Crippen LogP contribution in [0.2, 0.25) is 0 Å². The number of amides is 1. The predicted molar refractivity (Wildman–Crippen MR) is 157 cm³/mol. The maximum absolute atomic E-state index is 14.0. The third kappa shape index (κ3) is 5.04. The Balaban J connectivity index is 1.39. The Bertz CT molecular complexity index is 1480. The molecule has 5 rings (SSSR count). The number of hydrogen-bond acceptors (Lipinski definition) is 6. The molecule has 1 heterocycles. The Labute approximate surface area is 237 Å². The Morgan fingerprint density at radius 1 is 1.00 bits per heavy atom. The molecule has 1 aromatic heterocycles. The number of nitrogens with one attached hydrogen (secondary N) is 2. The molecule has 0 fully saturated rings. The van der Waals surface area contributed by atoms with Gasteiger partial charge in [-0.15, -0.1) is 0 Å². The van der Waals surface area contributed by atoms with E-state index in [1.807, 2.05) is 0 Å². The number of carbonyl (C=O) groups is 1. The number of sulfonamides is 1. The number of benzene rings is 1. The molecule has 0 bridgehead atoms. The average molecular weight is 565 g/mol. The van der Waals surface area contributed by atoms with Crippen LogP contribution in [0.4, 0.5) is 11.5 Å². The summed E-state index contributed by atoms with van der Waals surface area (Å²) >= 11 is 0. The van der Waals surface area contributed by atoms with Crippen LogP contribution in [0.25, 0.3) is 0 Å². The molecule has 2 N–H and O–H groups in total. The lowest BCUT2D eigenvalue weighted by atomic mass is 9.53. The molecule has 0 aliphatic heterocycles. The molecule has 0 spiro atoms. The summed E-state index contributed by atoms with van der Waals surface area (Å²) in [5.41, 5.74) is 6.00. The van der Waals surface area contributed by atoms with Crippen molar-refractivity contribution in [1.29, 1.82) is 0 Å². The van der Waals surface area contributed by atoms with Crippen LogP contribution in [0.1, 0.15) is 79.1 Å². The minimum absolute atomic E-state index is 0.0209. The molecule has 0 saturated heterocycles. The molecule has 2 atom stereocenters. The fourth-order valence-electron chi connectivity index (χ4n) is 6.67. The maximum Gasteiger partial charge on any atom is 0.263 e. The van der Waals surface area contributed by atoms with Gasteiger partial charge in [-0.3, -0.25) is 9.52 Å². The number of ether oxygens (including phenoxy) is 1. The number of rotatable bonds is 7. The lowest BCUT2D eigenvalue weighted by Gasteiger charge is -2.51. The first-order valence-electron chi connectivity index (χ1n) is 14.2. The lowest BCUT2D eigenvalue weighted by Crippen LogP contribution is -2.45.